The second-order valence-corrected chi connectivity index (χ2v) is 0. The maximum Gasteiger partial charge on any atom is 3.00 e. The van der Waals surface area contributed by atoms with Gasteiger partial charge in [-0.15, -0.1) is 26.3 Å². The molecular formula is C4H12FeN+4. The van der Waals surface area contributed by atoms with Gasteiger partial charge in [0.2, 0.25) is 0 Å². The van der Waals surface area contributed by atoms with E-state index >= 15 is 0 Å². The van der Waals surface area contributed by atoms with Crippen LogP contribution in [0, 0.1) is 0 Å². The van der Waals surface area contributed by atoms with Crippen LogP contribution in [-0.4, -0.2) is 0 Å². The molecule has 6 heavy (non-hydrogen) atoms. The minimum Gasteiger partial charge on any atom is -0.369 e. The van der Waals surface area contributed by atoms with E-state index in [0.29, 0.717) is 0 Å². The van der Waals surface area contributed by atoms with E-state index in [1.54, 1.807) is 0 Å². The fraction of sp³-hybridized carbons (Fsp3) is 0. The molecule has 0 unspecified atom stereocenters. The number of rotatable bonds is 0. The number of hydrogen-bond donors (Lipinski definition) is 1. The molecule has 1 nitrogen and oxygen atoms in total. The predicted molar refractivity (Wildman–Crippen MR) is 28.5 cm³/mol. The van der Waals surface area contributed by atoms with Gasteiger partial charge in [-0.05, 0) is 0 Å². The Morgan fingerprint density at radius 2 is 0.667 bits per heavy atom. The van der Waals surface area contributed by atoms with Gasteiger partial charge in [-0.1, -0.05) is 0 Å². The summed E-state index contributed by atoms with van der Waals surface area (Å²) in [6.07, 6.45) is 0. The Hall–Kier alpha value is -0.0405. The van der Waals surface area contributed by atoms with E-state index in [4.69, 9.17) is 0 Å². The molecule has 1 radical (unpaired) electrons. The van der Waals surface area contributed by atoms with Crippen molar-refractivity contribution in [2.24, 2.45) is 0 Å². The smallest absolute Gasteiger partial charge is 0.369 e. The molecule has 0 aromatic rings. The molecule has 0 saturated heterocycles. The van der Waals surface area contributed by atoms with Crippen LogP contribution < -0.4 is 6.15 Å². The van der Waals surface area contributed by atoms with Crippen LogP contribution in [0.5, 0.6) is 0 Å². The molecule has 0 atom stereocenters. The summed E-state index contributed by atoms with van der Waals surface area (Å²) in [5.41, 5.74) is 0. The van der Waals surface area contributed by atoms with Crippen molar-refractivity contribution in [3.05, 3.63) is 26.3 Å². The fourth-order valence-corrected chi connectivity index (χ4v) is 0. The first kappa shape index (κ1) is 38.2. The minimum atomic E-state index is 0. The minimum absolute atomic E-state index is 0. The van der Waals surface area contributed by atoms with Crippen molar-refractivity contribution < 1.29 is 17.1 Å². The predicted octanol–water partition coefficient (Wildman–Crippen LogP) is 1.98. The average Bonchev–Trinajstić information content (AvgIpc) is 1.50. The van der Waals surface area contributed by atoms with E-state index < -0.39 is 0 Å². The molecule has 0 rings (SSSR count). The summed E-state index contributed by atoms with van der Waals surface area (Å²) in [4.78, 5) is 0. The first-order valence-electron chi connectivity index (χ1n) is 1.000. The Morgan fingerprint density at radius 3 is 0.667 bits per heavy atom. The Morgan fingerprint density at radius 1 is 0.667 bits per heavy atom. The summed E-state index contributed by atoms with van der Waals surface area (Å²) in [6, 6.07) is 0. The Bertz CT molecular complexity index is 9.51. The Kier molecular flexibility index (Phi) is 301000. The standard InChI is InChI=1S/2C2H4.Fe.H3N/c2*1-2;;/h2*1-2H2;;1H3/q;;+3;/p+1. The van der Waals surface area contributed by atoms with Crippen LogP contribution in [0.15, 0.2) is 26.3 Å². The molecule has 4 N–H and O–H groups in total. The maximum atomic E-state index is 3.00. The molecule has 0 saturated carbocycles. The zero-order chi connectivity index (χ0) is 4.00. The summed E-state index contributed by atoms with van der Waals surface area (Å²) in [7, 11) is 0. The summed E-state index contributed by atoms with van der Waals surface area (Å²) < 4.78 is 0. The molecule has 0 fully saturated rings. The van der Waals surface area contributed by atoms with Gasteiger partial charge in [0, 0.05) is 0 Å². The fourth-order valence-electron chi connectivity index (χ4n) is 0. The quantitative estimate of drug-likeness (QED) is 0.384. The van der Waals surface area contributed by atoms with Crippen LogP contribution in [0.4, 0.5) is 0 Å². The van der Waals surface area contributed by atoms with Gasteiger partial charge in [-0.2, -0.15) is 0 Å². The van der Waals surface area contributed by atoms with Crippen molar-refractivity contribution in [1.82, 2.24) is 6.15 Å². The van der Waals surface area contributed by atoms with Crippen LogP contribution in [0.3, 0.4) is 0 Å². The largest absolute Gasteiger partial charge is 3.00 e. The molecule has 0 aliphatic rings. The van der Waals surface area contributed by atoms with Crippen molar-refractivity contribution in [2.75, 3.05) is 0 Å². The van der Waals surface area contributed by atoms with Gasteiger partial charge in [0.05, 0.1) is 0 Å². The summed E-state index contributed by atoms with van der Waals surface area (Å²) >= 11 is 0. The van der Waals surface area contributed by atoms with Gasteiger partial charge >= 0.3 is 17.1 Å². The van der Waals surface area contributed by atoms with Crippen molar-refractivity contribution in [2.45, 2.75) is 0 Å². The second-order valence-electron chi connectivity index (χ2n) is 0. The van der Waals surface area contributed by atoms with E-state index in [-0.39, 0.29) is 23.2 Å². The summed E-state index contributed by atoms with van der Waals surface area (Å²) in [5, 5.41) is 0. The van der Waals surface area contributed by atoms with Crippen molar-refractivity contribution >= 4 is 0 Å². The second kappa shape index (κ2) is 47400. The first-order valence-corrected chi connectivity index (χ1v) is 1.000. The molecule has 0 bridgehead atoms. The van der Waals surface area contributed by atoms with Crippen molar-refractivity contribution in [3.8, 4) is 0 Å². The Labute approximate surface area is 50.2 Å². The van der Waals surface area contributed by atoms with Gasteiger partial charge in [0.25, 0.3) is 0 Å². The third kappa shape index (κ3) is 21100. The summed E-state index contributed by atoms with van der Waals surface area (Å²) in [5.74, 6) is 0. The van der Waals surface area contributed by atoms with Crippen LogP contribution >= 0.6 is 0 Å². The Balaban J connectivity index is -0.00000000500. The molecule has 0 spiro atoms. The number of hydrogen-bond acceptors (Lipinski definition) is 0. The van der Waals surface area contributed by atoms with E-state index in [2.05, 4.69) is 26.3 Å². The van der Waals surface area contributed by atoms with Crippen molar-refractivity contribution in [1.29, 1.82) is 0 Å². The van der Waals surface area contributed by atoms with Crippen LogP contribution in [0.1, 0.15) is 0 Å². The molecule has 0 aromatic carbocycles. The average molecular weight is 130 g/mol. The van der Waals surface area contributed by atoms with Crippen molar-refractivity contribution in [3.63, 3.8) is 0 Å². The zero-order valence-electron chi connectivity index (χ0n) is 4.18. The van der Waals surface area contributed by atoms with Crippen LogP contribution in [-0.2, 0) is 17.1 Å². The van der Waals surface area contributed by atoms with Gasteiger partial charge in [0.1, 0.15) is 0 Å². The van der Waals surface area contributed by atoms with E-state index in [1.165, 1.54) is 0 Å². The van der Waals surface area contributed by atoms with Gasteiger partial charge < -0.3 is 6.15 Å². The third-order valence-corrected chi connectivity index (χ3v) is 0. The van der Waals surface area contributed by atoms with Crippen LogP contribution in [0.2, 0.25) is 0 Å². The normalized spacial score (nSPS) is 1.33. The number of quaternary nitrogens is 1. The summed E-state index contributed by atoms with van der Waals surface area (Å²) in [6.45, 7) is 12.0. The molecule has 2 heteroatoms. The topological polar surface area (TPSA) is 36.5 Å². The molecule has 0 amide bonds. The first-order chi connectivity index (χ1) is 2.00. The molecule has 0 aliphatic carbocycles. The van der Waals surface area contributed by atoms with Crippen LogP contribution in [0.25, 0.3) is 0 Å². The van der Waals surface area contributed by atoms with Gasteiger partial charge in [-0.3, -0.25) is 0 Å². The SMILES string of the molecule is C=C.C=C.[Fe+3].[NH4+]. The van der Waals surface area contributed by atoms with E-state index in [9.17, 15) is 0 Å². The van der Waals surface area contributed by atoms with Gasteiger partial charge in [-0.25, -0.2) is 0 Å². The third-order valence-electron chi connectivity index (χ3n) is 0. The molecule has 0 aliphatic heterocycles. The molecule has 0 heterocycles. The van der Waals surface area contributed by atoms with E-state index in [1.807, 2.05) is 0 Å². The van der Waals surface area contributed by atoms with Gasteiger partial charge in [0.15, 0.2) is 0 Å². The molecule has 0 aromatic heterocycles. The maximum absolute atomic E-state index is 3.00. The monoisotopic (exact) mass is 130 g/mol. The zero-order valence-corrected chi connectivity index (χ0v) is 5.29. The molecular weight excluding hydrogens is 118 g/mol. The van der Waals surface area contributed by atoms with E-state index in [0.717, 1.165) is 0 Å². The molecule has 37 valence electrons.